The van der Waals surface area contributed by atoms with Gasteiger partial charge >= 0.3 is 13.5 Å². The van der Waals surface area contributed by atoms with E-state index in [4.69, 9.17) is 45.1 Å². The van der Waals surface area contributed by atoms with Crippen LogP contribution in [-0.2, 0) is 43.9 Å². The number of nitrogens with one attached hydrogen (secondary N) is 6. The largest absolute Gasteiger partial charge is 0.386 e. The number of nitrogens with zero attached hydrogens (tertiary/aromatic N) is 4. The summed E-state index contributed by atoms with van der Waals surface area (Å²) >= 11 is 9.06. The minimum atomic E-state index is -4.51. The van der Waals surface area contributed by atoms with Crippen LogP contribution in [0.2, 0.25) is 0 Å². The van der Waals surface area contributed by atoms with E-state index in [0.29, 0.717) is 0 Å². The summed E-state index contributed by atoms with van der Waals surface area (Å²) in [6.07, 6.45) is -12.6. The maximum Gasteiger partial charge on any atom is 0.386 e. The topological polar surface area (TPSA) is 265 Å². The van der Waals surface area contributed by atoms with Crippen molar-refractivity contribution in [2.45, 2.75) is 49.2 Å². The van der Waals surface area contributed by atoms with Gasteiger partial charge in [0.25, 0.3) is 11.1 Å². The number of nitrogen functional groups attached to an aromatic ring is 1. The summed E-state index contributed by atoms with van der Waals surface area (Å²) in [6.45, 7) is -10.3. The molecule has 9 N–H and O–H groups in total. The predicted octanol–water partition coefficient (Wildman–Crippen LogP) is -1.36. The molecular weight excluding hydrogens is 694 g/mol. The summed E-state index contributed by atoms with van der Waals surface area (Å²) in [7, 11) is 0. The van der Waals surface area contributed by atoms with E-state index in [2.05, 4.69) is 54.1 Å². The first-order valence-corrected chi connectivity index (χ1v) is 18.1. The Morgan fingerprint density at radius 3 is 2.40 bits per heavy atom. The second-order valence-corrected chi connectivity index (χ2v) is 15.6. The molecule has 0 amide bonds. The van der Waals surface area contributed by atoms with Gasteiger partial charge in [0.2, 0.25) is 5.95 Å². The predicted molar refractivity (Wildman–Crippen MR) is 154 cm³/mol. The normalized spacial score (nSPS) is 39.6. The zero-order chi connectivity index (χ0) is 31.8. The lowest BCUT2D eigenvalue weighted by Gasteiger charge is -2.30. The van der Waals surface area contributed by atoms with Gasteiger partial charge in [0, 0.05) is 0 Å². The average Bonchev–Trinajstić information content (AvgIpc) is 3.72. The van der Waals surface area contributed by atoms with Gasteiger partial charge in [-0.1, -0.05) is 12.2 Å². The van der Waals surface area contributed by atoms with Crippen LogP contribution in [0.4, 0.5) is 37.7 Å². The van der Waals surface area contributed by atoms with Crippen molar-refractivity contribution in [3.8, 4) is 0 Å². The number of ether oxygens (including phenoxy) is 2. The van der Waals surface area contributed by atoms with Crippen LogP contribution in [0.3, 0.4) is 0 Å². The van der Waals surface area contributed by atoms with E-state index in [1.807, 2.05) is 0 Å². The number of aromatic amines is 2. The second kappa shape index (κ2) is 11.3. The lowest BCUT2D eigenvalue weighted by Crippen LogP contribution is -2.50. The van der Waals surface area contributed by atoms with Crippen molar-refractivity contribution < 1.29 is 45.8 Å². The molecule has 0 aromatic carbocycles. The first-order valence-electron chi connectivity index (χ1n) is 12.8. The van der Waals surface area contributed by atoms with Crippen molar-refractivity contribution in [3.63, 3.8) is 0 Å². The van der Waals surface area contributed by atoms with Crippen LogP contribution in [0.5, 0.6) is 0 Å². The first kappa shape index (κ1) is 31.1. The molecule has 2 aromatic rings. The van der Waals surface area contributed by atoms with Crippen molar-refractivity contribution >= 4 is 66.5 Å². The van der Waals surface area contributed by atoms with Crippen molar-refractivity contribution in [1.29, 1.82) is 0 Å². The van der Waals surface area contributed by atoms with Crippen molar-refractivity contribution in [2.75, 3.05) is 39.8 Å². The molecule has 5 aliphatic heterocycles. The van der Waals surface area contributed by atoms with Gasteiger partial charge in [-0.05, 0) is 11.8 Å². The van der Waals surface area contributed by atoms with E-state index in [-0.39, 0.29) is 29.0 Å². The Labute approximate surface area is 259 Å². The average molecular weight is 718 g/mol. The van der Waals surface area contributed by atoms with Crippen molar-refractivity contribution in [3.05, 3.63) is 27.0 Å². The van der Waals surface area contributed by atoms with Crippen LogP contribution in [0.25, 0.3) is 0 Å². The molecule has 3 fully saturated rings. The number of fused-ring (bicyclic) bond motifs is 5. The molecule has 0 saturated carbocycles. The van der Waals surface area contributed by atoms with Crippen molar-refractivity contribution in [1.82, 2.24) is 31.0 Å². The van der Waals surface area contributed by atoms with E-state index < -0.39 is 87.1 Å². The summed E-state index contributed by atoms with van der Waals surface area (Å²) in [5, 5.41) is 2.12. The molecule has 246 valence electrons. The molecule has 2 bridgehead atoms. The molecule has 0 aliphatic carbocycles. The maximum atomic E-state index is 15.9. The molecule has 2 unspecified atom stereocenters. The molecule has 7 rings (SSSR count). The third kappa shape index (κ3) is 5.60. The number of anilines is 5. The highest BCUT2D eigenvalue weighted by molar-refractivity contribution is 8.44. The molecule has 0 spiro atoms. The van der Waals surface area contributed by atoms with Gasteiger partial charge in [0.15, 0.2) is 47.8 Å². The number of thiol groups is 1. The van der Waals surface area contributed by atoms with Crippen LogP contribution < -0.4 is 48.8 Å². The highest BCUT2D eigenvalue weighted by Gasteiger charge is 2.56. The summed E-state index contributed by atoms with van der Waals surface area (Å²) in [6, 6.07) is 0. The second-order valence-electron chi connectivity index (χ2n) is 9.98. The zero-order valence-electron chi connectivity index (χ0n) is 22.1. The van der Waals surface area contributed by atoms with Gasteiger partial charge in [-0.3, -0.25) is 39.0 Å². The van der Waals surface area contributed by atoms with Crippen molar-refractivity contribution in [2.24, 2.45) is 0 Å². The molecule has 7 heterocycles. The highest BCUT2D eigenvalue weighted by atomic mass is 32.7. The fraction of sp³-hybridized carbons (Fsp3) is 0.556. The molecule has 27 heteroatoms. The Balaban J connectivity index is 1.16. The number of alkyl halides is 2. The van der Waals surface area contributed by atoms with Gasteiger partial charge in [-0.15, -0.1) is 11.1 Å². The monoisotopic (exact) mass is 717 g/mol. The fourth-order valence-corrected chi connectivity index (χ4v) is 8.06. The van der Waals surface area contributed by atoms with Gasteiger partial charge < -0.3 is 29.6 Å². The SMILES string of the molecule is Nc1nc2c(c(=O)[nH]1)NNN2[C@@H]1O[C@@H]2COP(O)(=S)O[C@H]3[C@H](F)[C@H](N4NNc5c4nc[nH]c5=O)O[C@@H]3COP(=O)(S)O[C@@H]1[C@@H]2F. The lowest BCUT2D eigenvalue weighted by atomic mass is 10.1. The minimum Gasteiger partial charge on any atom is -0.369 e. The standard InChI is InChI=1S/C18H23F2N11O10P2S2/c19-6-4-1-36-42(34,44)40-10-5(39-16(7(10)20)30-12-8(26-28-30)14(32)23-3-22-12)2-37-43(35,45)41-11(6)17(38-4)31-13-9(27-29-31)15(33)25-18(21)24-13/h3-7,10-11,16-17,26-29H,1-2H2,(H,34,44)(H,35,45)(H,22,23,32)(H3,21,24,25,33)/t4-,5-,6-,7+,10-,11-,16-,17-,42?,43?/m1/s1. The maximum absolute atomic E-state index is 15.9. The third-order valence-electron chi connectivity index (χ3n) is 7.16. The zero-order valence-corrected chi connectivity index (χ0v) is 25.6. The number of halogens is 2. The fourth-order valence-electron chi connectivity index (χ4n) is 5.17. The Hall–Kier alpha value is -2.51. The van der Waals surface area contributed by atoms with Crippen LogP contribution in [0, 0.1) is 0 Å². The van der Waals surface area contributed by atoms with E-state index >= 15 is 8.78 Å². The van der Waals surface area contributed by atoms with E-state index in [0.717, 1.165) is 16.3 Å². The Morgan fingerprint density at radius 1 is 0.978 bits per heavy atom. The van der Waals surface area contributed by atoms with E-state index in [1.54, 1.807) is 0 Å². The quantitative estimate of drug-likeness (QED) is 0.128. The van der Waals surface area contributed by atoms with Gasteiger partial charge in [0.1, 0.15) is 24.4 Å². The Bertz CT molecular complexity index is 1730. The molecule has 21 nitrogen and oxygen atoms in total. The highest BCUT2D eigenvalue weighted by Crippen LogP contribution is 2.58. The minimum absolute atomic E-state index is 0.0254. The number of H-pyrrole nitrogens is 2. The Kier molecular flexibility index (Phi) is 7.83. The first-order chi connectivity index (χ1) is 21.3. The van der Waals surface area contributed by atoms with Crippen LogP contribution in [0.15, 0.2) is 15.9 Å². The van der Waals surface area contributed by atoms with Crippen LogP contribution >= 0.6 is 25.8 Å². The summed E-state index contributed by atoms with van der Waals surface area (Å²) < 4.78 is 78.5. The van der Waals surface area contributed by atoms with E-state index in [9.17, 15) is 19.0 Å². The van der Waals surface area contributed by atoms with Crippen LogP contribution in [-0.4, -0.2) is 87.3 Å². The van der Waals surface area contributed by atoms with E-state index in [1.165, 1.54) is 0 Å². The molecule has 5 aliphatic rings. The third-order valence-corrected chi connectivity index (χ3v) is 10.3. The van der Waals surface area contributed by atoms with Crippen LogP contribution in [0.1, 0.15) is 0 Å². The molecule has 10 atom stereocenters. The molecule has 2 aromatic heterocycles. The van der Waals surface area contributed by atoms with Gasteiger partial charge in [-0.25, -0.2) is 28.3 Å². The van der Waals surface area contributed by atoms with Gasteiger partial charge in [-0.2, -0.15) is 4.98 Å². The number of aromatic nitrogens is 4. The molecule has 45 heavy (non-hydrogen) atoms. The summed E-state index contributed by atoms with van der Waals surface area (Å²) in [5.74, 6) is -0.408. The number of hydrogen-bond donors (Lipinski definition) is 9. The summed E-state index contributed by atoms with van der Waals surface area (Å²) in [4.78, 5) is 48.0. The Morgan fingerprint density at radius 2 is 1.64 bits per heavy atom. The number of hydrazine groups is 4. The lowest BCUT2D eigenvalue weighted by molar-refractivity contribution is -0.0338. The number of nitrogens with two attached hydrogens (primary N) is 1. The summed E-state index contributed by atoms with van der Waals surface area (Å²) in [5.41, 5.74) is 14.6. The molecule has 3 saturated heterocycles. The smallest absolute Gasteiger partial charge is 0.369 e. The molecular formula is C18H23F2N11O10P2S2. The van der Waals surface area contributed by atoms with Gasteiger partial charge in [0.05, 0.1) is 19.5 Å². The number of rotatable bonds is 2. The molecule has 0 radical (unpaired) electrons. The number of hydrogen-bond acceptors (Lipinski definition) is 19.